The molecule has 1 fully saturated rings. The first-order valence-corrected chi connectivity index (χ1v) is 7.72. The number of aromatic nitrogens is 1. The van der Waals surface area contributed by atoms with E-state index in [0.717, 1.165) is 42.1 Å². The van der Waals surface area contributed by atoms with Gasteiger partial charge in [0.25, 0.3) is 0 Å². The minimum atomic E-state index is 0.752. The van der Waals surface area contributed by atoms with Crippen molar-refractivity contribution in [2.24, 2.45) is 5.92 Å². The van der Waals surface area contributed by atoms with Gasteiger partial charge in [0.15, 0.2) is 0 Å². The van der Waals surface area contributed by atoms with Crippen molar-refractivity contribution in [3.63, 3.8) is 0 Å². The fraction of sp³-hybridized carbons (Fsp3) is 0.667. The van der Waals surface area contributed by atoms with Crippen molar-refractivity contribution >= 4 is 17.4 Å². The number of likely N-dealkylation sites (tertiary alicyclic amines) is 1. The van der Waals surface area contributed by atoms with Gasteiger partial charge >= 0.3 is 0 Å². The molecular formula is C15H25ClN4. The van der Waals surface area contributed by atoms with Crippen molar-refractivity contribution in [2.75, 3.05) is 45.6 Å². The van der Waals surface area contributed by atoms with E-state index in [1.165, 1.54) is 19.5 Å². The standard InChI is InChI=1S/C15H25ClN4/c1-4-17-15-6-5-13(16)14(18-15)11-20(3)10-12-7-8-19(2)9-12/h5-6,12H,4,7-11H2,1-3H3,(H,17,18). The molecule has 0 bridgehead atoms. The lowest BCUT2D eigenvalue weighted by Crippen LogP contribution is -2.27. The maximum Gasteiger partial charge on any atom is 0.126 e. The Bertz CT molecular complexity index is 438. The normalized spacial score (nSPS) is 19.8. The quantitative estimate of drug-likeness (QED) is 0.874. The second kappa shape index (κ2) is 7.25. The van der Waals surface area contributed by atoms with E-state index >= 15 is 0 Å². The molecule has 0 aromatic carbocycles. The van der Waals surface area contributed by atoms with Gasteiger partial charge in [0, 0.05) is 26.2 Å². The zero-order chi connectivity index (χ0) is 14.5. The second-order valence-electron chi connectivity index (χ2n) is 5.77. The van der Waals surface area contributed by atoms with Gasteiger partial charge in [-0.05, 0) is 52.0 Å². The van der Waals surface area contributed by atoms with Crippen molar-refractivity contribution in [2.45, 2.75) is 19.9 Å². The van der Waals surface area contributed by atoms with E-state index < -0.39 is 0 Å². The Labute approximate surface area is 127 Å². The van der Waals surface area contributed by atoms with E-state index in [2.05, 4.69) is 41.1 Å². The van der Waals surface area contributed by atoms with Crippen LogP contribution in [-0.2, 0) is 6.54 Å². The van der Waals surface area contributed by atoms with Crippen LogP contribution in [0, 0.1) is 5.92 Å². The van der Waals surface area contributed by atoms with Crippen molar-refractivity contribution in [3.8, 4) is 0 Å². The average Bonchev–Trinajstić information content (AvgIpc) is 2.79. The molecule has 1 unspecified atom stereocenters. The Morgan fingerprint density at radius 1 is 1.50 bits per heavy atom. The van der Waals surface area contributed by atoms with Crippen LogP contribution in [0.2, 0.25) is 5.02 Å². The molecular weight excluding hydrogens is 272 g/mol. The molecule has 1 aromatic heterocycles. The molecule has 0 aliphatic carbocycles. The maximum atomic E-state index is 6.26. The summed E-state index contributed by atoms with van der Waals surface area (Å²) in [5.41, 5.74) is 0.957. The number of anilines is 1. The fourth-order valence-electron chi connectivity index (χ4n) is 2.81. The summed E-state index contributed by atoms with van der Waals surface area (Å²) in [6.07, 6.45) is 1.29. The fourth-order valence-corrected chi connectivity index (χ4v) is 2.98. The summed E-state index contributed by atoms with van der Waals surface area (Å²) in [7, 11) is 4.34. The lowest BCUT2D eigenvalue weighted by atomic mass is 10.1. The molecule has 0 spiro atoms. The average molecular weight is 297 g/mol. The lowest BCUT2D eigenvalue weighted by Gasteiger charge is -2.21. The SMILES string of the molecule is CCNc1ccc(Cl)c(CN(C)CC2CCN(C)C2)n1. The Balaban J connectivity index is 1.92. The van der Waals surface area contributed by atoms with Crippen LogP contribution in [0.3, 0.4) is 0 Å². The summed E-state index contributed by atoms with van der Waals surface area (Å²) in [6, 6.07) is 3.86. The zero-order valence-corrected chi connectivity index (χ0v) is 13.5. The molecule has 0 saturated carbocycles. The summed E-state index contributed by atoms with van der Waals surface area (Å²) in [5.74, 6) is 1.67. The molecule has 2 heterocycles. The first-order valence-electron chi connectivity index (χ1n) is 7.35. The van der Waals surface area contributed by atoms with Crippen LogP contribution < -0.4 is 5.32 Å². The van der Waals surface area contributed by atoms with E-state index in [0.29, 0.717) is 0 Å². The molecule has 2 rings (SSSR count). The van der Waals surface area contributed by atoms with Crippen LogP contribution in [0.5, 0.6) is 0 Å². The molecule has 1 N–H and O–H groups in total. The van der Waals surface area contributed by atoms with Crippen LogP contribution in [-0.4, -0.2) is 55.1 Å². The van der Waals surface area contributed by atoms with Crippen molar-refractivity contribution in [1.82, 2.24) is 14.8 Å². The van der Waals surface area contributed by atoms with Gasteiger partial charge in [0.1, 0.15) is 5.82 Å². The number of hydrogen-bond acceptors (Lipinski definition) is 4. The van der Waals surface area contributed by atoms with Crippen LogP contribution in [0.4, 0.5) is 5.82 Å². The molecule has 1 aliphatic heterocycles. The minimum Gasteiger partial charge on any atom is -0.370 e. The number of halogens is 1. The third-order valence-corrected chi connectivity index (χ3v) is 4.10. The van der Waals surface area contributed by atoms with Crippen LogP contribution in [0.15, 0.2) is 12.1 Å². The lowest BCUT2D eigenvalue weighted by molar-refractivity contribution is 0.265. The van der Waals surface area contributed by atoms with Gasteiger partial charge < -0.3 is 15.1 Å². The maximum absolute atomic E-state index is 6.26. The van der Waals surface area contributed by atoms with Gasteiger partial charge in [-0.3, -0.25) is 0 Å². The summed E-state index contributed by atoms with van der Waals surface area (Å²) in [4.78, 5) is 9.32. The second-order valence-corrected chi connectivity index (χ2v) is 6.18. The number of nitrogens with one attached hydrogen (secondary N) is 1. The van der Waals surface area contributed by atoms with Gasteiger partial charge in [0.05, 0.1) is 10.7 Å². The molecule has 4 nitrogen and oxygen atoms in total. The van der Waals surface area contributed by atoms with Gasteiger partial charge in [0.2, 0.25) is 0 Å². The smallest absolute Gasteiger partial charge is 0.126 e. The van der Waals surface area contributed by atoms with Crippen molar-refractivity contribution < 1.29 is 0 Å². The summed E-state index contributed by atoms with van der Waals surface area (Å²) < 4.78 is 0. The van der Waals surface area contributed by atoms with Crippen LogP contribution in [0.1, 0.15) is 19.0 Å². The topological polar surface area (TPSA) is 31.4 Å². The van der Waals surface area contributed by atoms with Crippen LogP contribution >= 0.6 is 11.6 Å². The van der Waals surface area contributed by atoms with E-state index in [9.17, 15) is 0 Å². The van der Waals surface area contributed by atoms with Crippen molar-refractivity contribution in [3.05, 3.63) is 22.8 Å². The Kier molecular flexibility index (Phi) is 5.64. The highest BCUT2D eigenvalue weighted by atomic mass is 35.5. The molecule has 1 aromatic rings. The van der Waals surface area contributed by atoms with Gasteiger partial charge in [-0.15, -0.1) is 0 Å². The molecule has 20 heavy (non-hydrogen) atoms. The number of pyridine rings is 1. The molecule has 5 heteroatoms. The highest BCUT2D eigenvalue weighted by molar-refractivity contribution is 6.31. The monoisotopic (exact) mass is 296 g/mol. The first-order chi connectivity index (χ1) is 9.58. The summed E-state index contributed by atoms with van der Waals surface area (Å²) in [5, 5.41) is 3.98. The Morgan fingerprint density at radius 3 is 2.95 bits per heavy atom. The van der Waals surface area contributed by atoms with Crippen molar-refractivity contribution in [1.29, 1.82) is 0 Å². The molecule has 0 amide bonds. The molecule has 0 radical (unpaired) electrons. The minimum absolute atomic E-state index is 0.752. The van der Waals surface area contributed by atoms with Gasteiger partial charge in [-0.25, -0.2) is 4.98 Å². The van der Waals surface area contributed by atoms with E-state index in [1.54, 1.807) is 0 Å². The Morgan fingerprint density at radius 2 is 2.30 bits per heavy atom. The number of hydrogen-bond donors (Lipinski definition) is 1. The molecule has 1 saturated heterocycles. The van der Waals surface area contributed by atoms with Crippen LogP contribution in [0.25, 0.3) is 0 Å². The van der Waals surface area contributed by atoms with Gasteiger partial charge in [-0.2, -0.15) is 0 Å². The Hall–Kier alpha value is -0.840. The van der Waals surface area contributed by atoms with E-state index in [1.807, 2.05) is 12.1 Å². The molecule has 1 atom stereocenters. The third-order valence-electron chi connectivity index (χ3n) is 3.76. The molecule has 1 aliphatic rings. The predicted molar refractivity (Wildman–Crippen MR) is 85.3 cm³/mol. The first kappa shape index (κ1) is 15.5. The highest BCUT2D eigenvalue weighted by Gasteiger charge is 2.21. The van der Waals surface area contributed by atoms with E-state index in [4.69, 9.17) is 11.6 Å². The van der Waals surface area contributed by atoms with Gasteiger partial charge in [-0.1, -0.05) is 11.6 Å². The largest absolute Gasteiger partial charge is 0.370 e. The summed E-state index contributed by atoms with van der Waals surface area (Å²) >= 11 is 6.26. The predicted octanol–water partition coefficient (Wildman–Crippen LogP) is 2.55. The highest BCUT2D eigenvalue weighted by Crippen LogP contribution is 2.20. The summed E-state index contributed by atoms with van der Waals surface area (Å²) in [6.45, 7) is 7.26. The number of rotatable bonds is 6. The number of nitrogens with zero attached hydrogens (tertiary/aromatic N) is 3. The third kappa shape index (κ3) is 4.33. The molecule has 112 valence electrons. The zero-order valence-electron chi connectivity index (χ0n) is 12.7. The van der Waals surface area contributed by atoms with E-state index in [-0.39, 0.29) is 0 Å².